The molecule has 1 heterocycles. The van der Waals surface area contributed by atoms with Crippen LogP contribution >= 0.6 is 15.9 Å². The maximum atomic E-state index is 11.6. The van der Waals surface area contributed by atoms with E-state index in [2.05, 4.69) is 25.9 Å². The van der Waals surface area contributed by atoms with Crippen LogP contribution in [0.4, 0.5) is 0 Å². The molecule has 0 radical (unpaired) electrons. The largest absolute Gasteiger partial charge is 0.336 e. The lowest BCUT2D eigenvalue weighted by atomic mass is 10.1. The molecule has 2 aromatic rings. The number of carbonyl (C=O) groups excluding carboxylic acids is 1. The number of nitrogens with zero attached hydrogens (tertiary/aromatic N) is 1. The lowest BCUT2D eigenvalue weighted by molar-refractivity contribution is 0.101. The third-order valence-electron chi connectivity index (χ3n) is 2.54. The minimum atomic E-state index is -0.0695. The molecule has 0 spiro atoms. The quantitative estimate of drug-likeness (QED) is 0.666. The van der Waals surface area contributed by atoms with Crippen LogP contribution in [-0.4, -0.2) is 22.0 Å². The van der Waals surface area contributed by atoms with Crippen molar-refractivity contribution in [2.24, 2.45) is 0 Å². The van der Waals surface area contributed by atoms with E-state index in [1.54, 1.807) is 12.2 Å². The fourth-order valence-electron chi connectivity index (χ4n) is 1.68. The molecule has 0 amide bonds. The lowest BCUT2D eigenvalue weighted by Gasteiger charge is -1.99. The Bertz CT molecular complexity index is 641. The van der Waals surface area contributed by atoms with Gasteiger partial charge in [0.05, 0.1) is 5.69 Å². The first-order valence-electron chi connectivity index (χ1n) is 5.66. The standard InChI is InChI=1S/C14H12BrN3O/c1-9(19)13-14(10-4-6-11(15)7-5-10)18-12(17-13)3-2-8-16/h2-8,16H,1H3,(H,17,18)/b3-2-,16-8?. The molecule has 0 unspecified atom stereocenters. The van der Waals surface area contributed by atoms with Gasteiger partial charge in [-0.1, -0.05) is 28.1 Å². The van der Waals surface area contributed by atoms with Crippen molar-refractivity contribution >= 4 is 34.0 Å². The first-order chi connectivity index (χ1) is 9.11. The van der Waals surface area contributed by atoms with Gasteiger partial charge in [-0.2, -0.15) is 0 Å². The summed E-state index contributed by atoms with van der Waals surface area (Å²) >= 11 is 3.37. The molecule has 1 aromatic carbocycles. The maximum absolute atomic E-state index is 11.6. The summed E-state index contributed by atoms with van der Waals surface area (Å²) in [6.07, 6.45) is 4.37. The third-order valence-corrected chi connectivity index (χ3v) is 3.07. The van der Waals surface area contributed by atoms with E-state index in [9.17, 15) is 4.79 Å². The zero-order valence-electron chi connectivity index (χ0n) is 10.3. The summed E-state index contributed by atoms with van der Waals surface area (Å²) in [6, 6.07) is 7.61. The Kier molecular flexibility index (Phi) is 4.06. The van der Waals surface area contributed by atoms with Crippen LogP contribution in [0.2, 0.25) is 0 Å². The average molecular weight is 318 g/mol. The number of allylic oxidation sites excluding steroid dienone is 1. The number of halogens is 1. The molecule has 0 bridgehead atoms. The van der Waals surface area contributed by atoms with Gasteiger partial charge in [-0.15, -0.1) is 0 Å². The van der Waals surface area contributed by atoms with Crippen molar-refractivity contribution in [3.63, 3.8) is 0 Å². The van der Waals surface area contributed by atoms with Crippen LogP contribution in [0.15, 0.2) is 34.8 Å². The first-order valence-corrected chi connectivity index (χ1v) is 6.45. The van der Waals surface area contributed by atoms with Gasteiger partial charge in [-0.25, -0.2) is 4.98 Å². The Balaban J connectivity index is 2.51. The third kappa shape index (κ3) is 3.06. The van der Waals surface area contributed by atoms with Gasteiger partial charge in [0.1, 0.15) is 11.5 Å². The molecular formula is C14H12BrN3O. The second-order valence-electron chi connectivity index (χ2n) is 3.93. The normalized spacial score (nSPS) is 10.8. The molecule has 0 fully saturated rings. The van der Waals surface area contributed by atoms with Crippen molar-refractivity contribution in [1.82, 2.24) is 9.97 Å². The van der Waals surface area contributed by atoms with Crippen LogP contribution in [-0.2, 0) is 0 Å². The molecule has 0 saturated carbocycles. The van der Waals surface area contributed by atoms with Crippen molar-refractivity contribution in [3.05, 3.63) is 46.3 Å². The number of H-pyrrole nitrogens is 1. The highest BCUT2D eigenvalue weighted by Gasteiger charge is 2.14. The van der Waals surface area contributed by atoms with Crippen LogP contribution < -0.4 is 0 Å². The minimum Gasteiger partial charge on any atom is -0.336 e. The fourth-order valence-corrected chi connectivity index (χ4v) is 1.95. The number of nitrogens with one attached hydrogen (secondary N) is 2. The Morgan fingerprint density at radius 1 is 1.37 bits per heavy atom. The van der Waals surface area contributed by atoms with E-state index in [1.165, 1.54) is 6.92 Å². The molecule has 4 nitrogen and oxygen atoms in total. The molecular weight excluding hydrogens is 306 g/mol. The smallest absolute Gasteiger partial charge is 0.178 e. The zero-order valence-corrected chi connectivity index (χ0v) is 11.9. The summed E-state index contributed by atoms with van der Waals surface area (Å²) in [5.41, 5.74) is 1.98. The SMILES string of the molecule is CC(=O)c1[nH]c(/C=C\C=N)nc1-c1ccc(Br)cc1. The van der Waals surface area contributed by atoms with Crippen molar-refractivity contribution < 1.29 is 4.79 Å². The fraction of sp³-hybridized carbons (Fsp3) is 0.0714. The van der Waals surface area contributed by atoms with Crippen molar-refractivity contribution in [1.29, 1.82) is 5.41 Å². The number of imidazole rings is 1. The Labute approximate surface area is 119 Å². The molecule has 0 atom stereocenters. The molecule has 0 aliphatic rings. The number of aromatic nitrogens is 2. The Morgan fingerprint density at radius 3 is 2.63 bits per heavy atom. The van der Waals surface area contributed by atoms with Crippen molar-refractivity contribution in [2.45, 2.75) is 6.92 Å². The highest BCUT2D eigenvalue weighted by Crippen LogP contribution is 2.24. The van der Waals surface area contributed by atoms with Crippen LogP contribution in [0.3, 0.4) is 0 Å². The number of aromatic amines is 1. The summed E-state index contributed by atoms with van der Waals surface area (Å²) < 4.78 is 0.972. The van der Waals surface area contributed by atoms with Crippen LogP contribution in [0.25, 0.3) is 17.3 Å². The number of rotatable bonds is 4. The minimum absolute atomic E-state index is 0.0695. The molecule has 0 aliphatic heterocycles. The topological polar surface area (TPSA) is 69.6 Å². The van der Waals surface area contributed by atoms with Gasteiger partial charge in [-0.05, 0) is 24.3 Å². The van der Waals surface area contributed by atoms with Crippen molar-refractivity contribution in [2.75, 3.05) is 0 Å². The second kappa shape index (κ2) is 5.75. The average Bonchev–Trinajstić information content (AvgIpc) is 2.81. The highest BCUT2D eigenvalue weighted by molar-refractivity contribution is 9.10. The van der Waals surface area contributed by atoms with Crippen LogP contribution in [0, 0.1) is 5.41 Å². The van der Waals surface area contributed by atoms with Gasteiger partial charge >= 0.3 is 0 Å². The monoisotopic (exact) mass is 317 g/mol. The lowest BCUT2D eigenvalue weighted by Crippen LogP contribution is -1.95. The Hall–Kier alpha value is -2.01. The molecule has 2 rings (SSSR count). The summed E-state index contributed by atoms with van der Waals surface area (Å²) in [6.45, 7) is 1.50. The predicted molar refractivity (Wildman–Crippen MR) is 79.5 cm³/mol. The van der Waals surface area contributed by atoms with Gasteiger partial charge < -0.3 is 10.4 Å². The number of hydrogen-bond donors (Lipinski definition) is 2. The molecule has 96 valence electrons. The van der Waals surface area contributed by atoms with Gasteiger partial charge in [0.15, 0.2) is 5.78 Å². The predicted octanol–water partition coefficient (Wildman–Crippen LogP) is 3.70. The molecule has 0 saturated heterocycles. The molecule has 2 N–H and O–H groups in total. The van der Waals surface area contributed by atoms with E-state index in [0.29, 0.717) is 17.2 Å². The van der Waals surface area contributed by atoms with Gasteiger partial charge in [0, 0.05) is 23.2 Å². The zero-order chi connectivity index (χ0) is 13.8. The van der Waals surface area contributed by atoms with Crippen LogP contribution in [0.5, 0.6) is 0 Å². The van der Waals surface area contributed by atoms with Crippen LogP contribution in [0.1, 0.15) is 23.2 Å². The molecule has 19 heavy (non-hydrogen) atoms. The number of hydrogen-bond acceptors (Lipinski definition) is 3. The number of benzene rings is 1. The maximum Gasteiger partial charge on any atom is 0.178 e. The second-order valence-corrected chi connectivity index (χ2v) is 4.85. The highest BCUT2D eigenvalue weighted by atomic mass is 79.9. The first kappa shape index (κ1) is 13.4. The number of carbonyl (C=O) groups is 1. The van der Waals surface area contributed by atoms with Gasteiger partial charge in [0.2, 0.25) is 0 Å². The van der Waals surface area contributed by atoms with E-state index < -0.39 is 0 Å². The summed E-state index contributed by atoms with van der Waals surface area (Å²) in [5.74, 6) is 0.492. The summed E-state index contributed by atoms with van der Waals surface area (Å²) in [7, 11) is 0. The number of Topliss-reactive ketones (excluding diaryl/α,β-unsaturated/α-hetero) is 1. The van der Waals surface area contributed by atoms with Crippen molar-refractivity contribution in [3.8, 4) is 11.3 Å². The molecule has 5 heteroatoms. The van der Waals surface area contributed by atoms with Gasteiger partial charge in [0.25, 0.3) is 0 Å². The van der Waals surface area contributed by atoms with E-state index in [4.69, 9.17) is 5.41 Å². The van der Waals surface area contributed by atoms with E-state index >= 15 is 0 Å². The molecule has 1 aromatic heterocycles. The number of ketones is 1. The Morgan fingerprint density at radius 2 is 2.05 bits per heavy atom. The summed E-state index contributed by atoms with van der Waals surface area (Å²) in [4.78, 5) is 19.0. The summed E-state index contributed by atoms with van der Waals surface area (Å²) in [5, 5.41) is 6.96. The van der Waals surface area contributed by atoms with E-state index in [1.807, 2.05) is 24.3 Å². The molecule has 0 aliphatic carbocycles. The van der Waals surface area contributed by atoms with E-state index in [0.717, 1.165) is 16.3 Å². The van der Waals surface area contributed by atoms with E-state index in [-0.39, 0.29) is 5.78 Å². The van der Waals surface area contributed by atoms with Gasteiger partial charge in [-0.3, -0.25) is 4.79 Å².